The van der Waals surface area contributed by atoms with Crippen molar-refractivity contribution in [3.63, 3.8) is 0 Å². The predicted octanol–water partition coefficient (Wildman–Crippen LogP) is 2.26. The molecule has 0 amide bonds. The molecular weight excluding hydrogens is 370 g/mol. The van der Waals surface area contributed by atoms with E-state index in [0.717, 1.165) is 0 Å². The fourth-order valence-corrected chi connectivity index (χ4v) is 3.45. The van der Waals surface area contributed by atoms with Crippen molar-refractivity contribution in [3.05, 3.63) is 48.8 Å². The summed E-state index contributed by atoms with van der Waals surface area (Å²) < 4.78 is 40.4. The average molecular weight is 389 g/mol. The van der Waals surface area contributed by atoms with Crippen LogP contribution in [0.4, 0.5) is 5.69 Å². The van der Waals surface area contributed by atoms with Gasteiger partial charge in [0.05, 0.1) is 23.8 Å². The van der Waals surface area contributed by atoms with E-state index in [0.29, 0.717) is 36.1 Å². The van der Waals surface area contributed by atoms with Gasteiger partial charge in [0, 0.05) is 11.8 Å². The number of anilines is 1. The molecule has 9 nitrogen and oxygen atoms in total. The van der Waals surface area contributed by atoms with E-state index in [1.807, 2.05) is 13.8 Å². The average Bonchev–Trinajstić information content (AvgIpc) is 3.18. The minimum absolute atomic E-state index is 0.0824. The van der Waals surface area contributed by atoms with Gasteiger partial charge in [-0.1, -0.05) is 0 Å². The van der Waals surface area contributed by atoms with Crippen LogP contribution in [0.3, 0.4) is 0 Å². The summed E-state index contributed by atoms with van der Waals surface area (Å²) in [4.78, 5) is 0.0824. The third-order valence-electron chi connectivity index (χ3n) is 3.56. The minimum atomic E-state index is -3.79. The molecular formula is C17H19N5O4S. The Kier molecular flexibility index (Phi) is 5.55. The molecule has 0 radical (unpaired) electrons. The lowest BCUT2D eigenvalue weighted by molar-refractivity contribution is 0.287. The third-order valence-corrected chi connectivity index (χ3v) is 4.94. The summed E-state index contributed by atoms with van der Waals surface area (Å²) in [5, 5.41) is 10.9. The molecule has 0 aliphatic carbocycles. The number of ether oxygens (including phenoxy) is 2. The molecule has 0 saturated carbocycles. The first-order valence-corrected chi connectivity index (χ1v) is 9.77. The third kappa shape index (κ3) is 4.34. The predicted molar refractivity (Wildman–Crippen MR) is 98.7 cm³/mol. The molecule has 3 rings (SSSR count). The normalized spacial score (nSPS) is 11.2. The van der Waals surface area contributed by atoms with Crippen LogP contribution in [-0.2, 0) is 10.0 Å². The number of benzene rings is 2. The molecule has 142 valence electrons. The summed E-state index contributed by atoms with van der Waals surface area (Å²) in [7, 11) is -3.79. The Morgan fingerprint density at radius 3 is 2.33 bits per heavy atom. The molecule has 2 aromatic carbocycles. The van der Waals surface area contributed by atoms with Crippen molar-refractivity contribution in [1.82, 2.24) is 20.2 Å². The van der Waals surface area contributed by atoms with Crippen LogP contribution in [0.2, 0.25) is 0 Å². The summed E-state index contributed by atoms with van der Waals surface area (Å²) in [5.41, 5.74) is 1.13. The first-order valence-electron chi connectivity index (χ1n) is 8.29. The van der Waals surface area contributed by atoms with Crippen LogP contribution in [0, 0.1) is 0 Å². The molecule has 0 aliphatic rings. The van der Waals surface area contributed by atoms with E-state index in [2.05, 4.69) is 20.2 Å². The Balaban J connectivity index is 1.82. The van der Waals surface area contributed by atoms with Crippen molar-refractivity contribution >= 4 is 15.7 Å². The highest BCUT2D eigenvalue weighted by Gasteiger charge is 2.17. The molecule has 1 heterocycles. The summed E-state index contributed by atoms with van der Waals surface area (Å²) >= 11 is 0. The number of tetrazole rings is 1. The van der Waals surface area contributed by atoms with Gasteiger partial charge in [-0.2, -0.15) is 0 Å². The second kappa shape index (κ2) is 8.04. The van der Waals surface area contributed by atoms with Gasteiger partial charge in [-0.05, 0) is 60.7 Å². The van der Waals surface area contributed by atoms with Crippen LogP contribution < -0.4 is 14.2 Å². The largest absolute Gasteiger partial charge is 0.490 e. The van der Waals surface area contributed by atoms with E-state index in [9.17, 15) is 8.42 Å². The maximum absolute atomic E-state index is 12.7. The lowest BCUT2D eigenvalue weighted by Gasteiger charge is -2.13. The number of aromatic nitrogens is 4. The second-order valence-electron chi connectivity index (χ2n) is 5.38. The van der Waals surface area contributed by atoms with Gasteiger partial charge in [-0.25, -0.2) is 13.1 Å². The summed E-state index contributed by atoms with van der Waals surface area (Å²) in [5.74, 6) is 0.889. The molecule has 0 fully saturated rings. The first kappa shape index (κ1) is 18.6. The molecule has 1 N–H and O–H groups in total. The van der Waals surface area contributed by atoms with Crippen molar-refractivity contribution < 1.29 is 17.9 Å². The Morgan fingerprint density at radius 2 is 1.70 bits per heavy atom. The van der Waals surface area contributed by atoms with Crippen LogP contribution >= 0.6 is 0 Å². The Hall–Kier alpha value is -3.14. The highest BCUT2D eigenvalue weighted by molar-refractivity contribution is 7.92. The molecule has 0 unspecified atom stereocenters. The molecule has 0 bridgehead atoms. The van der Waals surface area contributed by atoms with Crippen molar-refractivity contribution in [2.45, 2.75) is 18.7 Å². The Morgan fingerprint density at radius 1 is 1.00 bits per heavy atom. The van der Waals surface area contributed by atoms with Crippen LogP contribution in [0.5, 0.6) is 11.5 Å². The van der Waals surface area contributed by atoms with Gasteiger partial charge in [0.2, 0.25) is 0 Å². The van der Waals surface area contributed by atoms with Gasteiger partial charge in [-0.15, -0.1) is 5.10 Å². The maximum atomic E-state index is 12.7. The second-order valence-corrected chi connectivity index (χ2v) is 7.06. The van der Waals surface area contributed by atoms with Crippen molar-refractivity contribution in [2.75, 3.05) is 17.9 Å². The van der Waals surface area contributed by atoms with Crippen molar-refractivity contribution in [1.29, 1.82) is 0 Å². The molecule has 10 heteroatoms. The standard InChI is InChI=1S/C17H19N5O4S/c1-3-25-16-10-9-15(11-17(16)26-4-2)27(23,24)19-13-5-7-14(8-6-13)22-12-18-20-21-22/h5-12,19H,3-4H2,1-2H3. The van der Waals surface area contributed by atoms with Gasteiger partial charge in [0.1, 0.15) is 6.33 Å². The SMILES string of the molecule is CCOc1ccc(S(=O)(=O)Nc2ccc(-n3cnnn3)cc2)cc1OCC. The van der Waals surface area contributed by atoms with E-state index in [1.54, 1.807) is 30.3 Å². The molecule has 0 saturated heterocycles. The zero-order valence-corrected chi connectivity index (χ0v) is 15.7. The lowest BCUT2D eigenvalue weighted by Crippen LogP contribution is -2.13. The van der Waals surface area contributed by atoms with Crippen LogP contribution in [0.25, 0.3) is 5.69 Å². The van der Waals surface area contributed by atoms with Crippen molar-refractivity contribution in [2.24, 2.45) is 0 Å². The number of hydrogen-bond donors (Lipinski definition) is 1. The van der Waals surface area contributed by atoms with E-state index < -0.39 is 10.0 Å². The van der Waals surface area contributed by atoms with Crippen LogP contribution in [-0.4, -0.2) is 41.8 Å². The minimum Gasteiger partial charge on any atom is -0.490 e. The first-order chi connectivity index (χ1) is 13.0. The summed E-state index contributed by atoms with van der Waals surface area (Å²) in [6.45, 7) is 4.52. The van der Waals surface area contributed by atoms with Crippen LogP contribution in [0.15, 0.2) is 53.7 Å². The summed E-state index contributed by atoms with van der Waals surface area (Å²) in [6, 6.07) is 11.2. The van der Waals surface area contributed by atoms with Crippen LogP contribution in [0.1, 0.15) is 13.8 Å². The highest BCUT2D eigenvalue weighted by Crippen LogP contribution is 2.31. The smallest absolute Gasteiger partial charge is 0.262 e. The number of nitrogens with one attached hydrogen (secondary N) is 1. The zero-order chi connectivity index (χ0) is 19.3. The number of rotatable bonds is 8. The fraction of sp³-hybridized carbons (Fsp3) is 0.235. The molecule has 3 aromatic rings. The Labute approximate surface area is 157 Å². The number of hydrogen-bond acceptors (Lipinski definition) is 7. The number of nitrogens with zero attached hydrogens (tertiary/aromatic N) is 4. The topological polar surface area (TPSA) is 108 Å². The zero-order valence-electron chi connectivity index (χ0n) is 14.9. The maximum Gasteiger partial charge on any atom is 0.262 e. The van der Waals surface area contributed by atoms with E-state index in [-0.39, 0.29) is 4.90 Å². The highest BCUT2D eigenvalue weighted by atomic mass is 32.2. The monoisotopic (exact) mass is 389 g/mol. The number of sulfonamides is 1. The molecule has 0 aliphatic heterocycles. The van der Waals surface area contributed by atoms with E-state index >= 15 is 0 Å². The van der Waals surface area contributed by atoms with Gasteiger partial charge < -0.3 is 9.47 Å². The van der Waals surface area contributed by atoms with Crippen molar-refractivity contribution in [3.8, 4) is 17.2 Å². The molecule has 0 atom stereocenters. The van der Waals surface area contributed by atoms with E-state index in [1.165, 1.54) is 23.1 Å². The van der Waals surface area contributed by atoms with E-state index in [4.69, 9.17) is 9.47 Å². The quantitative estimate of drug-likeness (QED) is 0.629. The fourth-order valence-electron chi connectivity index (χ4n) is 2.37. The van der Waals surface area contributed by atoms with Gasteiger partial charge >= 0.3 is 0 Å². The molecule has 0 spiro atoms. The lowest BCUT2D eigenvalue weighted by atomic mass is 10.3. The summed E-state index contributed by atoms with van der Waals surface area (Å²) in [6.07, 6.45) is 1.45. The van der Waals surface area contributed by atoms with Gasteiger partial charge in [0.15, 0.2) is 11.5 Å². The Bertz CT molecular complexity index is 989. The van der Waals surface area contributed by atoms with Gasteiger partial charge in [-0.3, -0.25) is 4.72 Å². The van der Waals surface area contributed by atoms with Gasteiger partial charge in [0.25, 0.3) is 10.0 Å². The molecule has 1 aromatic heterocycles. The molecule has 27 heavy (non-hydrogen) atoms.